The molecule has 69 heavy (non-hydrogen) atoms. The number of hydrogen-bond donors (Lipinski definition) is 8. The van der Waals surface area contributed by atoms with Gasteiger partial charge in [-0.2, -0.15) is 0 Å². The standard InChI is InChI=1S/C47H89O19P3/c1-3-5-7-9-11-13-15-17-19-20-22-23-25-27-29-31-33-35-40(48)61-37-39(63-41(49)36-34-32-30-28-26-24-21-18-16-14-12-10-8-6-4-2)38-62-69(59,60)66-45-42(50)43(51)46(64-67(53,54)55)47(44(45)52)65-68(56,57)58/h12,14,18,21,39,42-47,50-52H,3-11,13,15-17,19-20,22-38H2,1-2H3,(H,59,60)(H2,53,54,55)(H2,56,57,58)/b14-12-,21-18-/t39-,42?,43?,44?,45+,46?,47+/m1/s1. The summed E-state index contributed by atoms with van der Waals surface area (Å²) in [7, 11) is -16.6. The molecular weight excluding hydrogens is 961 g/mol. The van der Waals surface area contributed by atoms with E-state index in [0.717, 1.165) is 70.6 Å². The lowest BCUT2D eigenvalue weighted by Crippen LogP contribution is -2.65. The Labute approximate surface area is 411 Å². The van der Waals surface area contributed by atoms with Gasteiger partial charge in [0, 0.05) is 12.8 Å². The molecule has 0 amide bonds. The van der Waals surface area contributed by atoms with E-state index in [4.69, 9.17) is 18.5 Å². The molecule has 1 aliphatic carbocycles. The van der Waals surface area contributed by atoms with Crippen molar-refractivity contribution >= 4 is 35.4 Å². The number of carbonyl (C=O) groups is 2. The van der Waals surface area contributed by atoms with Crippen molar-refractivity contribution in [3.05, 3.63) is 24.3 Å². The van der Waals surface area contributed by atoms with Crippen molar-refractivity contribution < 1.29 is 90.6 Å². The zero-order valence-electron chi connectivity index (χ0n) is 41.4. The summed E-state index contributed by atoms with van der Waals surface area (Å²) in [5.74, 6) is -1.30. The molecule has 0 radical (unpaired) electrons. The number of rotatable bonds is 44. The topological polar surface area (TPSA) is 303 Å². The van der Waals surface area contributed by atoms with Crippen LogP contribution >= 0.6 is 23.5 Å². The molecule has 1 fully saturated rings. The van der Waals surface area contributed by atoms with Gasteiger partial charge in [-0.1, -0.05) is 173 Å². The van der Waals surface area contributed by atoms with Crippen LogP contribution < -0.4 is 0 Å². The normalized spacial score (nSPS) is 21.5. The third-order valence-corrected chi connectivity index (χ3v) is 13.8. The van der Waals surface area contributed by atoms with Crippen LogP contribution in [0.25, 0.3) is 0 Å². The van der Waals surface area contributed by atoms with E-state index >= 15 is 0 Å². The van der Waals surface area contributed by atoms with Crippen LogP contribution in [-0.2, 0) is 50.9 Å². The molecule has 0 saturated heterocycles. The van der Waals surface area contributed by atoms with Crippen molar-refractivity contribution in [2.45, 2.75) is 249 Å². The van der Waals surface area contributed by atoms with E-state index in [1.807, 2.05) is 0 Å². The van der Waals surface area contributed by atoms with E-state index < -0.39 is 91.3 Å². The van der Waals surface area contributed by atoms with Crippen molar-refractivity contribution in [1.82, 2.24) is 0 Å². The second-order valence-corrected chi connectivity index (χ2v) is 21.9. The first-order chi connectivity index (χ1) is 32.8. The minimum absolute atomic E-state index is 0.0152. The Morgan fingerprint density at radius 3 is 1.30 bits per heavy atom. The molecule has 0 spiro atoms. The summed E-state index contributed by atoms with van der Waals surface area (Å²) in [5, 5.41) is 31.9. The quantitative estimate of drug-likeness (QED) is 0.0122. The maximum Gasteiger partial charge on any atom is 0.472 e. The van der Waals surface area contributed by atoms with Gasteiger partial charge in [-0.05, 0) is 44.9 Å². The molecule has 0 aromatic carbocycles. The highest BCUT2D eigenvalue weighted by atomic mass is 31.2. The second kappa shape index (κ2) is 39.1. The fourth-order valence-electron chi connectivity index (χ4n) is 7.91. The van der Waals surface area contributed by atoms with Crippen molar-refractivity contribution in [2.24, 2.45) is 0 Å². The lowest BCUT2D eigenvalue weighted by molar-refractivity contribution is -0.213. The molecule has 19 nitrogen and oxygen atoms in total. The van der Waals surface area contributed by atoms with Crippen molar-refractivity contribution in [3.8, 4) is 0 Å². The fraction of sp³-hybridized carbons (Fsp3) is 0.872. The maximum atomic E-state index is 13.1. The van der Waals surface area contributed by atoms with Gasteiger partial charge < -0.3 is 49.3 Å². The summed E-state index contributed by atoms with van der Waals surface area (Å²) >= 11 is 0. The maximum absolute atomic E-state index is 13.1. The van der Waals surface area contributed by atoms with Crippen LogP contribution in [0.5, 0.6) is 0 Å². The lowest BCUT2D eigenvalue weighted by Gasteiger charge is -2.44. The van der Waals surface area contributed by atoms with Crippen LogP contribution in [0.4, 0.5) is 0 Å². The molecule has 0 aromatic heterocycles. The summed E-state index contributed by atoms with van der Waals surface area (Å²) in [5.41, 5.74) is 0. The number of esters is 2. The lowest BCUT2D eigenvalue weighted by atomic mass is 9.85. The van der Waals surface area contributed by atoms with Crippen molar-refractivity contribution in [1.29, 1.82) is 0 Å². The molecule has 1 saturated carbocycles. The zero-order chi connectivity index (χ0) is 51.4. The molecule has 0 heterocycles. The van der Waals surface area contributed by atoms with Crippen LogP contribution in [0.15, 0.2) is 24.3 Å². The van der Waals surface area contributed by atoms with E-state index in [0.29, 0.717) is 12.8 Å². The minimum Gasteiger partial charge on any atom is -0.462 e. The third kappa shape index (κ3) is 35.4. The van der Waals surface area contributed by atoms with Crippen molar-refractivity contribution in [3.63, 3.8) is 0 Å². The molecule has 8 N–H and O–H groups in total. The number of allylic oxidation sites excluding steroid dienone is 4. The van der Waals surface area contributed by atoms with Crippen molar-refractivity contribution in [2.75, 3.05) is 13.2 Å². The predicted octanol–water partition coefficient (Wildman–Crippen LogP) is 9.85. The molecular formula is C47H89O19P3. The SMILES string of the molecule is CCCCC/C=C\C/C=C\CCCCCCCC(=O)O[C@H](COC(=O)CCCCCCCCCCCCCCCCCCC)COP(=O)(O)O[C@H]1C(O)C(O)C(OP(=O)(O)O)[C@@H](OP(=O)(O)O)C1O. The summed E-state index contributed by atoms with van der Waals surface area (Å²) < 4.78 is 65.6. The minimum atomic E-state index is -5.60. The van der Waals surface area contributed by atoms with Gasteiger partial charge in [-0.15, -0.1) is 0 Å². The van der Waals surface area contributed by atoms with Crippen LogP contribution in [-0.4, -0.2) is 108 Å². The van der Waals surface area contributed by atoms with Gasteiger partial charge >= 0.3 is 35.4 Å². The van der Waals surface area contributed by atoms with Crippen LogP contribution in [0.1, 0.15) is 206 Å². The highest BCUT2D eigenvalue weighted by Crippen LogP contribution is 2.51. The Morgan fingerprint density at radius 2 is 0.841 bits per heavy atom. The number of phosphoric ester groups is 3. The molecule has 0 bridgehead atoms. The van der Waals surface area contributed by atoms with Gasteiger partial charge in [0.2, 0.25) is 0 Å². The smallest absolute Gasteiger partial charge is 0.462 e. The van der Waals surface area contributed by atoms with Gasteiger partial charge in [0.25, 0.3) is 0 Å². The zero-order valence-corrected chi connectivity index (χ0v) is 44.1. The van der Waals surface area contributed by atoms with E-state index in [-0.39, 0.29) is 12.8 Å². The van der Waals surface area contributed by atoms with E-state index in [2.05, 4.69) is 47.2 Å². The number of phosphoric acid groups is 3. The van der Waals surface area contributed by atoms with Gasteiger partial charge in [-0.25, -0.2) is 13.7 Å². The number of aliphatic hydroxyl groups is 3. The second-order valence-electron chi connectivity index (χ2n) is 18.1. The van der Waals surface area contributed by atoms with Gasteiger partial charge in [0.15, 0.2) is 6.10 Å². The molecule has 0 aromatic rings. The first-order valence-electron chi connectivity index (χ1n) is 25.6. The number of unbranched alkanes of at least 4 members (excludes halogenated alkanes) is 24. The average Bonchev–Trinajstić information content (AvgIpc) is 3.28. The number of hydrogen-bond acceptors (Lipinski definition) is 14. The summed E-state index contributed by atoms with van der Waals surface area (Å²) in [6.45, 7) is 2.93. The van der Waals surface area contributed by atoms with E-state index in [9.17, 15) is 63.1 Å². The summed E-state index contributed by atoms with van der Waals surface area (Å²) in [4.78, 5) is 73.3. The Kier molecular flexibility index (Phi) is 37.2. The predicted molar refractivity (Wildman–Crippen MR) is 261 cm³/mol. The molecule has 8 atom stereocenters. The first kappa shape index (κ1) is 65.6. The molecule has 1 rings (SSSR count). The number of carbonyl (C=O) groups excluding carboxylic acids is 2. The van der Waals surface area contributed by atoms with Crippen LogP contribution in [0, 0.1) is 0 Å². The Hall–Kier alpha value is -1.37. The monoisotopic (exact) mass is 1050 g/mol. The largest absolute Gasteiger partial charge is 0.472 e. The molecule has 406 valence electrons. The van der Waals surface area contributed by atoms with Crippen LogP contribution in [0.2, 0.25) is 0 Å². The first-order valence-corrected chi connectivity index (χ1v) is 30.2. The molecule has 1 aliphatic rings. The van der Waals surface area contributed by atoms with Gasteiger partial charge in [0.05, 0.1) is 6.61 Å². The van der Waals surface area contributed by atoms with E-state index in [1.54, 1.807) is 0 Å². The van der Waals surface area contributed by atoms with Crippen LogP contribution in [0.3, 0.4) is 0 Å². The number of ether oxygens (including phenoxy) is 2. The fourth-order valence-corrected chi connectivity index (χ4v) is 10.0. The molecule has 0 aliphatic heterocycles. The summed E-state index contributed by atoms with van der Waals surface area (Å²) in [6.07, 6.45) is 23.3. The average molecular weight is 1050 g/mol. The Morgan fingerprint density at radius 1 is 0.464 bits per heavy atom. The molecule has 5 unspecified atom stereocenters. The third-order valence-electron chi connectivity index (χ3n) is 11.8. The highest BCUT2D eigenvalue weighted by molar-refractivity contribution is 7.47. The van der Waals surface area contributed by atoms with Gasteiger partial charge in [0.1, 0.15) is 43.2 Å². The van der Waals surface area contributed by atoms with E-state index in [1.165, 1.54) is 96.3 Å². The highest BCUT2D eigenvalue weighted by Gasteiger charge is 2.56. The summed E-state index contributed by atoms with van der Waals surface area (Å²) in [6, 6.07) is 0. The number of aliphatic hydroxyl groups excluding tert-OH is 3. The molecule has 22 heteroatoms. The van der Waals surface area contributed by atoms with Gasteiger partial charge in [-0.3, -0.25) is 27.7 Å². The Bertz CT molecular complexity index is 1540. The Balaban J connectivity index is 2.69.